The zero-order valence-corrected chi connectivity index (χ0v) is 12.5. The molecule has 1 saturated heterocycles. The molecule has 2 rings (SSSR count). The Morgan fingerprint density at radius 1 is 1.28 bits per heavy atom. The van der Waals surface area contributed by atoms with E-state index in [1.165, 1.54) is 0 Å². The van der Waals surface area contributed by atoms with Crippen LogP contribution in [-0.4, -0.2) is 28.9 Å². The summed E-state index contributed by atoms with van der Waals surface area (Å²) in [6.45, 7) is 8.59. The van der Waals surface area contributed by atoms with Gasteiger partial charge in [0, 0.05) is 13.1 Å². The van der Waals surface area contributed by atoms with E-state index in [9.17, 15) is 4.79 Å². The zero-order chi connectivity index (χ0) is 13.6. The Labute approximate surface area is 115 Å². The van der Waals surface area contributed by atoms with Crippen molar-refractivity contribution in [3.63, 3.8) is 0 Å². The average molecular weight is 268 g/mol. The van der Waals surface area contributed by atoms with Gasteiger partial charge < -0.3 is 10.6 Å². The molecule has 0 aromatic rings. The first-order chi connectivity index (χ1) is 8.27. The van der Waals surface area contributed by atoms with Crippen molar-refractivity contribution in [1.82, 2.24) is 4.90 Å². The second-order valence-corrected chi connectivity index (χ2v) is 7.32. The number of rotatable bonds is 2. The summed E-state index contributed by atoms with van der Waals surface area (Å²) in [5.41, 5.74) is 5.60. The summed E-state index contributed by atoms with van der Waals surface area (Å²) in [5, 5.41) is 0. The Balaban J connectivity index is 1.95. The summed E-state index contributed by atoms with van der Waals surface area (Å²) in [6.07, 6.45) is 3.89. The molecule has 1 aliphatic heterocycles. The molecule has 2 aliphatic rings. The molecular formula is C14H24N2OS. The van der Waals surface area contributed by atoms with Crippen LogP contribution in [0.2, 0.25) is 0 Å². The van der Waals surface area contributed by atoms with Crippen LogP contribution in [0.5, 0.6) is 0 Å². The summed E-state index contributed by atoms with van der Waals surface area (Å²) in [4.78, 5) is 14.8. The molecular weight excluding hydrogens is 244 g/mol. The third-order valence-electron chi connectivity index (χ3n) is 4.64. The van der Waals surface area contributed by atoms with Crippen molar-refractivity contribution in [2.24, 2.45) is 22.5 Å². The van der Waals surface area contributed by atoms with Crippen molar-refractivity contribution in [2.75, 3.05) is 13.1 Å². The summed E-state index contributed by atoms with van der Waals surface area (Å²) in [6, 6.07) is 0. The van der Waals surface area contributed by atoms with Crippen molar-refractivity contribution in [3.8, 4) is 0 Å². The molecule has 3 nitrogen and oxygen atoms in total. The Morgan fingerprint density at radius 3 is 2.11 bits per heavy atom. The summed E-state index contributed by atoms with van der Waals surface area (Å²) >= 11 is 5.05. The average Bonchev–Trinajstić information content (AvgIpc) is 3.08. The Morgan fingerprint density at radius 2 is 1.78 bits per heavy atom. The quantitative estimate of drug-likeness (QED) is 0.782. The molecule has 1 amide bonds. The molecule has 1 heterocycles. The minimum atomic E-state index is -0.468. The van der Waals surface area contributed by atoms with Crippen LogP contribution in [0.3, 0.4) is 0 Å². The van der Waals surface area contributed by atoms with Gasteiger partial charge in [-0.1, -0.05) is 33.0 Å². The lowest BCUT2D eigenvalue weighted by Crippen LogP contribution is -2.47. The SMILES string of the molecule is CC(C)(C)C1CCN(C(=O)C2(C(N)=S)CC2)CC1. The molecule has 0 bridgehead atoms. The van der Waals surface area contributed by atoms with E-state index in [1.54, 1.807) is 0 Å². The number of thiocarbonyl (C=S) groups is 1. The second-order valence-electron chi connectivity index (χ2n) is 6.88. The predicted octanol–water partition coefficient (Wildman–Crippen LogP) is 2.34. The number of carbonyl (C=O) groups is 1. The van der Waals surface area contributed by atoms with Crippen LogP contribution < -0.4 is 5.73 Å². The van der Waals surface area contributed by atoms with E-state index >= 15 is 0 Å². The first-order valence-electron chi connectivity index (χ1n) is 6.87. The highest BCUT2D eigenvalue weighted by Crippen LogP contribution is 2.48. The number of likely N-dealkylation sites (tertiary alicyclic amines) is 1. The molecule has 0 radical (unpaired) electrons. The molecule has 0 atom stereocenters. The summed E-state index contributed by atoms with van der Waals surface area (Å²) in [5.74, 6) is 0.892. The van der Waals surface area contributed by atoms with Crippen molar-refractivity contribution in [3.05, 3.63) is 0 Å². The van der Waals surface area contributed by atoms with Crippen molar-refractivity contribution in [1.29, 1.82) is 0 Å². The lowest BCUT2D eigenvalue weighted by atomic mass is 9.75. The van der Waals surface area contributed by atoms with Gasteiger partial charge in [0.2, 0.25) is 5.91 Å². The van der Waals surface area contributed by atoms with Crippen LogP contribution in [0.4, 0.5) is 0 Å². The maximum atomic E-state index is 12.4. The smallest absolute Gasteiger partial charge is 0.235 e. The number of piperidine rings is 1. The fraction of sp³-hybridized carbons (Fsp3) is 0.857. The van der Waals surface area contributed by atoms with Crippen LogP contribution in [0.1, 0.15) is 46.5 Å². The topological polar surface area (TPSA) is 46.3 Å². The first-order valence-corrected chi connectivity index (χ1v) is 7.27. The maximum absolute atomic E-state index is 12.4. The van der Waals surface area contributed by atoms with Gasteiger partial charge in [-0.3, -0.25) is 4.79 Å². The molecule has 1 aliphatic carbocycles. The van der Waals surface area contributed by atoms with Crippen molar-refractivity contribution >= 4 is 23.1 Å². The van der Waals surface area contributed by atoms with Gasteiger partial charge in [0.25, 0.3) is 0 Å². The predicted molar refractivity (Wildman–Crippen MR) is 77.2 cm³/mol. The third kappa shape index (κ3) is 2.40. The molecule has 1 saturated carbocycles. The lowest BCUT2D eigenvalue weighted by Gasteiger charge is -2.39. The van der Waals surface area contributed by atoms with Gasteiger partial charge in [-0.25, -0.2) is 0 Å². The van der Waals surface area contributed by atoms with E-state index in [0.717, 1.165) is 38.8 Å². The minimum Gasteiger partial charge on any atom is -0.392 e. The summed E-state index contributed by atoms with van der Waals surface area (Å²) in [7, 11) is 0. The fourth-order valence-corrected chi connectivity index (χ4v) is 3.23. The van der Waals surface area contributed by atoms with Gasteiger partial charge in [0.15, 0.2) is 0 Å². The van der Waals surface area contributed by atoms with E-state index in [1.807, 2.05) is 4.90 Å². The standard InChI is InChI=1S/C14H24N2OS/c1-13(2,3)10-4-8-16(9-5-10)12(17)14(6-7-14)11(15)18/h10H,4-9H2,1-3H3,(H2,15,18). The van der Waals surface area contributed by atoms with Gasteiger partial charge in [-0.2, -0.15) is 0 Å². The largest absolute Gasteiger partial charge is 0.392 e. The molecule has 0 spiro atoms. The van der Waals surface area contributed by atoms with Crippen molar-refractivity contribution < 1.29 is 4.79 Å². The normalized spacial score (nSPS) is 23.8. The van der Waals surface area contributed by atoms with E-state index < -0.39 is 5.41 Å². The number of carbonyl (C=O) groups excluding carboxylic acids is 1. The van der Waals surface area contributed by atoms with E-state index in [-0.39, 0.29) is 5.91 Å². The highest BCUT2D eigenvalue weighted by Gasteiger charge is 2.54. The highest BCUT2D eigenvalue weighted by atomic mass is 32.1. The Hall–Kier alpha value is -0.640. The number of nitrogens with two attached hydrogens (primary N) is 1. The highest BCUT2D eigenvalue weighted by molar-refractivity contribution is 7.80. The molecule has 2 N–H and O–H groups in total. The minimum absolute atomic E-state index is 0.183. The van der Waals surface area contributed by atoms with Crippen LogP contribution >= 0.6 is 12.2 Å². The van der Waals surface area contributed by atoms with Crippen LogP contribution in [0.15, 0.2) is 0 Å². The van der Waals surface area contributed by atoms with Gasteiger partial charge in [-0.15, -0.1) is 0 Å². The second kappa shape index (κ2) is 4.48. The maximum Gasteiger partial charge on any atom is 0.235 e. The Kier molecular flexibility index (Phi) is 3.43. The van der Waals surface area contributed by atoms with Crippen LogP contribution in [0.25, 0.3) is 0 Å². The van der Waals surface area contributed by atoms with Crippen LogP contribution in [0, 0.1) is 16.7 Å². The summed E-state index contributed by atoms with van der Waals surface area (Å²) < 4.78 is 0. The van der Waals surface area contributed by atoms with Gasteiger partial charge in [0.05, 0.1) is 10.4 Å². The molecule has 18 heavy (non-hydrogen) atoms. The molecule has 0 aromatic heterocycles. The van der Waals surface area contributed by atoms with E-state index in [4.69, 9.17) is 18.0 Å². The number of nitrogens with zero attached hydrogens (tertiary/aromatic N) is 1. The number of hydrogen-bond acceptors (Lipinski definition) is 2. The lowest BCUT2D eigenvalue weighted by molar-refractivity contribution is -0.136. The fourth-order valence-electron chi connectivity index (χ4n) is 2.94. The third-order valence-corrected chi connectivity index (χ3v) is 5.03. The van der Waals surface area contributed by atoms with Gasteiger partial charge >= 0.3 is 0 Å². The molecule has 0 unspecified atom stereocenters. The molecule has 102 valence electrons. The Bertz CT molecular complexity index is 360. The monoisotopic (exact) mass is 268 g/mol. The first kappa shape index (κ1) is 13.8. The molecule has 2 fully saturated rings. The van der Waals surface area contributed by atoms with Crippen molar-refractivity contribution in [2.45, 2.75) is 46.5 Å². The molecule has 0 aromatic carbocycles. The van der Waals surface area contributed by atoms with E-state index in [2.05, 4.69) is 20.8 Å². The number of amides is 1. The number of hydrogen-bond donors (Lipinski definition) is 1. The van der Waals surface area contributed by atoms with Gasteiger partial charge in [-0.05, 0) is 37.0 Å². The van der Waals surface area contributed by atoms with E-state index in [0.29, 0.717) is 16.3 Å². The molecule has 4 heteroatoms. The zero-order valence-electron chi connectivity index (χ0n) is 11.7. The van der Waals surface area contributed by atoms with Gasteiger partial charge in [0.1, 0.15) is 0 Å². The van der Waals surface area contributed by atoms with Crippen LogP contribution in [-0.2, 0) is 4.79 Å².